The Morgan fingerprint density at radius 3 is 2.66 bits per heavy atom. The Morgan fingerprint density at radius 1 is 1.12 bits per heavy atom. The summed E-state index contributed by atoms with van der Waals surface area (Å²) >= 11 is 6.65. The molecule has 32 heavy (non-hydrogen) atoms. The van der Waals surface area contributed by atoms with Crippen LogP contribution in [0.25, 0.3) is 22.2 Å². The second-order valence-corrected chi connectivity index (χ2v) is 9.44. The molecule has 1 fully saturated rings. The Balaban J connectivity index is 0.00000245. The van der Waals surface area contributed by atoms with Gasteiger partial charge in [-0.1, -0.05) is 24.1 Å². The lowest BCUT2D eigenvalue weighted by atomic mass is 9.98. The molecule has 0 spiro atoms. The van der Waals surface area contributed by atoms with Gasteiger partial charge < -0.3 is 15.6 Å². The maximum atomic E-state index is 12.6. The normalized spacial score (nSPS) is 16.2. The Labute approximate surface area is 200 Å². The number of halogens is 2. The molecule has 0 aliphatic carbocycles. The van der Waals surface area contributed by atoms with Gasteiger partial charge in [-0.25, -0.2) is 0 Å². The maximum absolute atomic E-state index is 12.6. The predicted octanol–water partition coefficient (Wildman–Crippen LogP) is 5.96. The summed E-state index contributed by atoms with van der Waals surface area (Å²) < 4.78 is 0. The predicted molar refractivity (Wildman–Crippen MR) is 135 cm³/mol. The van der Waals surface area contributed by atoms with E-state index in [1.165, 1.54) is 43.3 Å². The molecule has 0 atom stereocenters. The number of carbonyl (C=O) groups is 1. The lowest BCUT2D eigenvalue weighted by Crippen LogP contribution is -2.28. The summed E-state index contributed by atoms with van der Waals surface area (Å²) in [7, 11) is 0. The van der Waals surface area contributed by atoms with Crippen molar-refractivity contribution in [2.24, 2.45) is 0 Å². The molecule has 3 heterocycles. The van der Waals surface area contributed by atoms with Crippen LogP contribution in [0.2, 0.25) is 5.02 Å². The molecule has 0 bridgehead atoms. The van der Waals surface area contributed by atoms with E-state index >= 15 is 0 Å². The third-order valence-corrected chi connectivity index (χ3v) is 6.72. The molecule has 0 unspecified atom stereocenters. The van der Waals surface area contributed by atoms with Crippen LogP contribution in [0.4, 0.5) is 5.69 Å². The van der Waals surface area contributed by atoms with Crippen molar-refractivity contribution in [2.45, 2.75) is 52.2 Å². The van der Waals surface area contributed by atoms with Gasteiger partial charge in [0.2, 0.25) is 0 Å². The second kappa shape index (κ2) is 9.34. The Bertz CT molecular complexity index is 1150. The van der Waals surface area contributed by atoms with Gasteiger partial charge in [-0.15, -0.1) is 12.4 Å². The average Bonchev–Trinajstić information content (AvgIpc) is 3.34. The van der Waals surface area contributed by atoms with Crippen LogP contribution >= 0.6 is 24.0 Å². The highest BCUT2D eigenvalue weighted by Gasteiger charge is 2.28. The number of rotatable bonds is 5. The van der Waals surface area contributed by atoms with Gasteiger partial charge in [-0.05, 0) is 69.6 Å². The molecule has 0 radical (unpaired) electrons. The smallest absolute Gasteiger partial charge is 0.252 e. The summed E-state index contributed by atoms with van der Waals surface area (Å²) in [6.07, 6.45) is 3.95. The van der Waals surface area contributed by atoms with Crippen molar-refractivity contribution in [3.8, 4) is 11.3 Å². The number of aromatic nitrogens is 1. The number of benzene rings is 2. The van der Waals surface area contributed by atoms with E-state index < -0.39 is 0 Å². The molecule has 1 amide bonds. The molecule has 3 aromatic rings. The fourth-order valence-corrected chi connectivity index (χ4v) is 5.10. The number of aromatic amines is 1. The van der Waals surface area contributed by atoms with Gasteiger partial charge in [0.25, 0.3) is 5.91 Å². The number of likely N-dealkylation sites (tertiary alicyclic amines) is 1. The first-order chi connectivity index (χ1) is 15.0. The first kappa shape index (κ1) is 23.0. The van der Waals surface area contributed by atoms with Crippen molar-refractivity contribution < 1.29 is 4.79 Å². The standard InChI is InChI=1S/C25H29ClN4O.ClH/c1-15(2)28-22-12-18(23-19(24(22)26)13-27-25(23)31)21-11-17-10-16(6-7-20(17)29-21)14-30-8-4-3-5-9-30;/h6-7,10-12,15,28-29H,3-5,8-9,13-14H2,1-2H3,(H,27,31);1H. The molecule has 3 N–H and O–H groups in total. The number of carbonyl (C=O) groups excluding carboxylic acids is 1. The van der Waals surface area contributed by atoms with E-state index in [9.17, 15) is 4.79 Å². The van der Waals surface area contributed by atoms with E-state index in [-0.39, 0.29) is 24.4 Å². The van der Waals surface area contributed by atoms with Gasteiger partial charge >= 0.3 is 0 Å². The van der Waals surface area contributed by atoms with Crippen molar-refractivity contribution in [3.05, 3.63) is 52.0 Å². The minimum atomic E-state index is -0.0626. The van der Waals surface area contributed by atoms with Gasteiger partial charge in [-0.2, -0.15) is 0 Å². The fraction of sp³-hybridized carbons (Fsp3) is 0.400. The van der Waals surface area contributed by atoms with Crippen LogP contribution < -0.4 is 10.6 Å². The molecular weight excluding hydrogens is 443 g/mol. The van der Waals surface area contributed by atoms with Gasteiger partial charge in [0, 0.05) is 46.9 Å². The minimum absolute atomic E-state index is 0. The molecule has 2 aliphatic rings. The molecule has 7 heteroatoms. The van der Waals surface area contributed by atoms with Crippen LogP contribution in [0.5, 0.6) is 0 Å². The third-order valence-electron chi connectivity index (χ3n) is 6.29. The lowest BCUT2D eigenvalue weighted by molar-refractivity contribution is 0.0966. The van der Waals surface area contributed by atoms with Crippen LogP contribution in [0, 0.1) is 0 Å². The summed E-state index contributed by atoms with van der Waals surface area (Å²) in [5.74, 6) is -0.0626. The van der Waals surface area contributed by atoms with Gasteiger partial charge in [0.05, 0.1) is 16.3 Å². The molecule has 170 valence electrons. The summed E-state index contributed by atoms with van der Waals surface area (Å²) in [6, 6.07) is 11.0. The van der Waals surface area contributed by atoms with E-state index in [0.717, 1.165) is 34.6 Å². The van der Waals surface area contributed by atoms with Crippen LogP contribution in [-0.4, -0.2) is 34.9 Å². The number of amides is 1. The highest BCUT2D eigenvalue weighted by molar-refractivity contribution is 6.35. The second-order valence-electron chi connectivity index (χ2n) is 9.06. The molecule has 0 saturated carbocycles. The number of nitrogens with one attached hydrogen (secondary N) is 3. The van der Waals surface area contributed by atoms with Crippen molar-refractivity contribution in [2.75, 3.05) is 18.4 Å². The van der Waals surface area contributed by atoms with Crippen molar-refractivity contribution in [1.29, 1.82) is 0 Å². The van der Waals surface area contributed by atoms with Gasteiger partial charge in [-0.3, -0.25) is 9.69 Å². The maximum Gasteiger partial charge on any atom is 0.252 e. The summed E-state index contributed by atoms with van der Waals surface area (Å²) in [6.45, 7) is 8.01. The van der Waals surface area contributed by atoms with Crippen LogP contribution in [-0.2, 0) is 13.1 Å². The molecule has 5 rings (SSSR count). The quantitative estimate of drug-likeness (QED) is 0.429. The first-order valence-corrected chi connectivity index (χ1v) is 11.6. The lowest BCUT2D eigenvalue weighted by Gasteiger charge is -2.26. The van der Waals surface area contributed by atoms with Gasteiger partial charge in [0.15, 0.2) is 0 Å². The van der Waals surface area contributed by atoms with E-state index in [2.05, 4.69) is 58.6 Å². The highest BCUT2D eigenvalue weighted by Crippen LogP contribution is 2.40. The summed E-state index contributed by atoms with van der Waals surface area (Å²) in [5.41, 5.74) is 6.68. The zero-order valence-corrected chi connectivity index (χ0v) is 20.1. The number of hydrogen-bond acceptors (Lipinski definition) is 3. The van der Waals surface area contributed by atoms with E-state index in [1.54, 1.807) is 0 Å². The zero-order chi connectivity index (χ0) is 21.5. The highest BCUT2D eigenvalue weighted by atomic mass is 35.5. The Hall–Kier alpha value is -2.21. The van der Waals surface area contributed by atoms with Gasteiger partial charge in [0.1, 0.15) is 0 Å². The number of piperidine rings is 1. The molecule has 5 nitrogen and oxygen atoms in total. The Morgan fingerprint density at radius 2 is 1.91 bits per heavy atom. The largest absolute Gasteiger partial charge is 0.382 e. The summed E-state index contributed by atoms with van der Waals surface area (Å²) in [4.78, 5) is 18.7. The van der Waals surface area contributed by atoms with E-state index in [0.29, 0.717) is 17.1 Å². The van der Waals surface area contributed by atoms with Crippen LogP contribution in [0.3, 0.4) is 0 Å². The van der Waals surface area contributed by atoms with Crippen molar-refractivity contribution >= 4 is 46.5 Å². The van der Waals surface area contributed by atoms with Crippen LogP contribution in [0.15, 0.2) is 30.3 Å². The van der Waals surface area contributed by atoms with E-state index in [4.69, 9.17) is 11.6 Å². The van der Waals surface area contributed by atoms with Crippen molar-refractivity contribution in [1.82, 2.24) is 15.2 Å². The molecular formula is C25H30Cl2N4O. The van der Waals surface area contributed by atoms with E-state index in [1.807, 2.05) is 6.07 Å². The molecule has 2 aromatic carbocycles. The number of H-pyrrole nitrogens is 1. The Kier molecular flexibility index (Phi) is 6.70. The fourth-order valence-electron chi connectivity index (χ4n) is 4.83. The van der Waals surface area contributed by atoms with Crippen LogP contribution in [0.1, 0.15) is 54.6 Å². The third kappa shape index (κ3) is 4.34. The number of hydrogen-bond donors (Lipinski definition) is 3. The average molecular weight is 473 g/mol. The SMILES string of the molecule is CC(C)Nc1cc(-c2cc3cc(CN4CCCCC4)ccc3[nH]2)c2c(c1Cl)CNC2=O.Cl. The molecule has 1 saturated heterocycles. The number of anilines is 1. The molecule has 1 aromatic heterocycles. The number of fused-ring (bicyclic) bond motifs is 2. The minimum Gasteiger partial charge on any atom is -0.382 e. The number of nitrogens with zero attached hydrogens (tertiary/aromatic N) is 1. The monoisotopic (exact) mass is 472 g/mol. The molecule has 2 aliphatic heterocycles. The summed E-state index contributed by atoms with van der Waals surface area (Å²) in [5, 5.41) is 8.16. The van der Waals surface area contributed by atoms with Crippen molar-refractivity contribution in [3.63, 3.8) is 0 Å². The zero-order valence-electron chi connectivity index (χ0n) is 18.6. The first-order valence-electron chi connectivity index (χ1n) is 11.2. The topological polar surface area (TPSA) is 60.2 Å².